The maximum absolute atomic E-state index is 13.8. The van der Waals surface area contributed by atoms with Crippen LogP contribution in [0.3, 0.4) is 0 Å². The van der Waals surface area contributed by atoms with Crippen LogP contribution in [0.1, 0.15) is 53.4 Å². The smallest absolute Gasteiger partial charge is 0.248 e. The molecule has 0 spiro atoms. The lowest BCUT2D eigenvalue weighted by Gasteiger charge is -2.42. The van der Waals surface area contributed by atoms with Gasteiger partial charge in [0, 0.05) is 11.0 Å². The Morgan fingerprint density at radius 3 is 2.64 bits per heavy atom. The van der Waals surface area contributed by atoms with Crippen molar-refractivity contribution < 1.29 is 18.7 Å². The molecule has 1 fully saturated rings. The van der Waals surface area contributed by atoms with E-state index >= 15 is 0 Å². The van der Waals surface area contributed by atoms with Gasteiger partial charge in [-0.3, -0.25) is 4.79 Å². The lowest BCUT2D eigenvalue weighted by molar-refractivity contribution is -0.0462. The molecule has 2 aliphatic rings. The Hall–Kier alpha value is -3.32. The van der Waals surface area contributed by atoms with E-state index in [0.717, 1.165) is 28.9 Å². The number of nitrogens with zero attached hydrogens (tertiary/aromatic N) is 2. The molecule has 2 aliphatic carbocycles. The number of carbonyl (C=O) groups is 1. The first-order valence-electron chi connectivity index (χ1n) is 11.0. The Labute approximate surface area is 190 Å². The molecule has 3 aromatic rings. The van der Waals surface area contributed by atoms with E-state index in [2.05, 4.69) is 18.1 Å². The first kappa shape index (κ1) is 21.5. The van der Waals surface area contributed by atoms with Gasteiger partial charge in [-0.15, -0.1) is 0 Å². The van der Waals surface area contributed by atoms with Crippen molar-refractivity contribution in [2.75, 3.05) is 0 Å². The van der Waals surface area contributed by atoms with Crippen LogP contribution in [0.4, 0.5) is 8.78 Å². The van der Waals surface area contributed by atoms with Gasteiger partial charge in [-0.1, -0.05) is 12.5 Å². The van der Waals surface area contributed by atoms with Gasteiger partial charge in [0.2, 0.25) is 5.91 Å². The van der Waals surface area contributed by atoms with Crippen LogP contribution in [-0.2, 0) is 12.8 Å². The van der Waals surface area contributed by atoms with Crippen LogP contribution in [0.15, 0.2) is 54.2 Å². The van der Waals surface area contributed by atoms with Gasteiger partial charge in [-0.2, -0.15) is 5.10 Å². The summed E-state index contributed by atoms with van der Waals surface area (Å²) >= 11 is 0. The zero-order chi connectivity index (χ0) is 23.4. The van der Waals surface area contributed by atoms with Crippen LogP contribution >= 0.6 is 0 Å². The highest BCUT2D eigenvalue weighted by atomic mass is 19.1. The Morgan fingerprint density at radius 1 is 1.18 bits per heavy atom. The van der Waals surface area contributed by atoms with Crippen molar-refractivity contribution in [2.45, 2.75) is 44.6 Å². The summed E-state index contributed by atoms with van der Waals surface area (Å²) in [6, 6.07) is 10.1. The second-order valence-electron chi connectivity index (χ2n) is 9.32. The van der Waals surface area contributed by atoms with Gasteiger partial charge in [0.1, 0.15) is 11.6 Å². The highest BCUT2D eigenvalue weighted by Gasteiger charge is 2.54. The molecule has 1 aromatic heterocycles. The minimum absolute atomic E-state index is 0.283. The van der Waals surface area contributed by atoms with E-state index in [0.29, 0.717) is 31.2 Å². The lowest BCUT2D eigenvalue weighted by atomic mass is 9.65. The number of amides is 1. The van der Waals surface area contributed by atoms with E-state index in [1.165, 1.54) is 30.3 Å². The molecule has 1 heterocycles. The predicted molar refractivity (Wildman–Crippen MR) is 121 cm³/mol. The Morgan fingerprint density at radius 2 is 1.91 bits per heavy atom. The lowest BCUT2D eigenvalue weighted by Crippen LogP contribution is -2.45. The van der Waals surface area contributed by atoms with Crippen molar-refractivity contribution in [2.24, 2.45) is 11.1 Å². The van der Waals surface area contributed by atoms with Crippen molar-refractivity contribution in [3.8, 4) is 5.69 Å². The molecular formula is C26H25F2N3O2. The highest BCUT2D eigenvalue weighted by Crippen LogP contribution is 2.56. The molecule has 33 heavy (non-hydrogen) atoms. The molecule has 0 unspecified atom stereocenters. The van der Waals surface area contributed by atoms with Crippen molar-refractivity contribution >= 4 is 12.0 Å². The molecule has 170 valence electrons. The van der Waals surface area contributed by atoms with Crippen LogP contribution in [0.5, 0.6) is 0 Å². The molecule has 3 N–H and O–H groups in total. The van der Waals surface area contributed by atoms with E-state index < -0.39 is 22.7 Å². The average molecular weight is 450 g/mol. The maximum Gasteiger partial charge on any atom is 0.248 e. The number of hydrogen-bond acceptors (Lipinski definition) is 3. The summed E-state index contributed by atoms with van der Waals surface area (Å²) in [5, 5.41) is 16.3. The van der Waals surface area contributed by atoms with Crippen LogP contribution in [0.25, 0.3) is 11.8 Å². The number of benzene rings is 2. The summed E-state index contributed by atoms with van der Waals surface area (Å²) in [5.74, 6) is -1.34. The predicted octanol–water partition coefficient (Wildman–Crippen LogP) is 4.35. The van der Waals surface area contributed by atoms with Crippen LogP contribution in [0.2, 0.25) is 0 Å². The topological polar surface area (TPSA) is 81.1 Å². The molecule has 0 radical (unpaired) electrons. The minimum atomic E-state index is -1.02. The molecule has 5 nitrogen and oxygen atoms in total. The number of nitrogens with two attached hydrogens (primary N) is 1. The molecule has 5 rings (SSSR count). The SMILES string of the molecule is C[C@]12Cc3cnn(-c4ccc(F)cc4)c3C=C1CC[C@@]2(O)CCc1cc(F)ccc1C(N)=O. The third-order valence-electron chi connectivity index (χ3n) is 7.50. The summed E-state index contributed by atoms with van der Waals surface area (Å²) in [6.07, 6.45) is 6.52. The van der Waals surface area contributed by atoms with E-state index in [9.17, 15) is 18.7 Å². The standard InChI is InChI=1S/C26H25F2N3O2/c1-25-14-17-15-30-31(21-5-2-19(27)3-6-21)23(17)13-18(25)9-11-26(25,33)10-8-16-12-20(28)4-7-22(16)24(29)32/h2-7,12-13,15,33H,8-11,14H2,1H3,(H2,29,32)/t25-,26-/m0/s1. The van der Waals surface area contributed by atoms with Gasteiger partial charge in [-0.25, -0.2) is 13.5 Å². The van der Waals surface area contributed by atoms with Gasteiger partial charge in [0.05, 0.1) is 23.2 Å². The maximum atomic E-state index is 13.8. The zero-order valence-electron chi connectivity index (χ0n) is 18.3. The third kappa shape index (κ3) is 3.47. The average Bonchev–Trinajstić information content (AvgIpc) is 3.29. The number of aromatic nitrogens is 2. The van der Waals surface area contributed by atoms with Gasteiger partial charge in [0.25, 0.3) is 0 Å². The van der Waals surface area contributed by atoms with Gasteiger partial charge < -0.3 is 10.8 Å². The number of aliphatic hydroxyl groups is 1. The first-order valence-corrected chi connectivity index (χ1v) is 11.0. The number of rotatable bonds is 5. The molecule has 0 saturated heterocycles. The molecular weight excluding hydrogens is 424 g/mol. The molecule has 7 heteroatoms. The minimum Gasteiger partial charge on any atom is -0.389 e. The number of fused-ring (bicyclic) bond motifs is 2. The van der Waals surface area contributed by atoms with E-state index in [1.54, 1.807) is 23.0 Å². The Balaban J connectivity index is 1.44. The van der Waals surface area contributed by atoms with Crippen LogP contribution < -0.4 is 5.73 Å². The first-order chi connectivity index (χ1) is 15.7. The molecule has 0 aliphatic heterocycles. The number of hydrogen-bond donors (Lipinski definition) is 2. The summed E-state index contributed by atoms with van der Waals surface area (Å²) in [5.41, 5.74) is 8.60. The summed E-state index contributed by atoms with van der Waals surface area (Å²) < 4.78 is 29.0. The molecule has 1 amide bonds. The fourth-order valence-electron chi connectivity index (χ4n) is 5.47. The fraction of sp³-hybridized carbons (Fsp3) is 0.308. The van der Waals surface area contributed by atoms with Crippen LogP contribution in [-0.4, -0.2) is 26.4 Å². The quantitative estimate of drug-likeness (QED) is 0.608. The fourth-order valence-corrected chi connectivity index (χ4v) is 5.47. The van der Waals surface area contributed by atoms with Gasteiger partial charge in [-0.05, 0) is 91.8 Å². The van der Waals surface area contributed by atoms with Crippen molar-refractivity contribution in [3.05, 3.63) is 88.3 Å². The summed E-state index contributed by atoms with van der Waals surface area (Å²) in [7, 11) is 0. The third-order valence-corrected chi connectivity index (χ3v) is 7.50. The van der Waals surface area contributed by atoms with E-state index in [-0.39, 0.29) is 11.4 Å². The van der Waals surface area contributed by atoms with Gasteiger partial charge >= 0.3 is 0 Å². The number of carbonyl (C=O) groups excluding carboxylic acids is 1. The largest absolute Gasteiger partial charge is 0.389 e. The second-order valence-corrected chi connectivity index (χ2v) is 9.32. The molecule has 0 bridgehead atoms. The normalized spacial score (nSPS) is 23.7. The number of halogens is 2. The van der Waals surface area contributed by atoms with Gasteiger partial charge in [0.15, 0.2) is 0 Å². The Kier molecular flexibility index (Phi) is 4.97. The summed E-state index contributed by atoms with van der Waals surface area (Å²) in [4.78, 5) is 11.8. The molecule has 2 aromatic carbocycles. The van der Waals surface area contributed by atoms with E-state index in [1.807, 2.05) is 0 Å². The number of aryl methyl sites for hydroxylation is 1. The number of primary amides is 1. The Bertz CT molecular complexity index is 1280. The molecule has 2 atom stereocenters. The van der Waals surface area contributed by atoms with Crippen molar-refractivity contribution in [1.82, 2.24) is 9.78 Å². The highest BCUT2D eigenvalue weighted by molar-refractivity contribution is 5.94. The van der Waals surface area contributed by atoms with E-state index in [4.69, 9.17) is 5.73 Å². The zero-order valence-corrected chi connectivity index (χ0v) is 18.3. The monoisotopic (exact) mass is 449 g/mol. The van der Waals surface area contributed by atoms with Crippen molar-refractivity contribution in [1.29, 1.82) is 0 Å². The molecule has 1 saturated carbocycles. The summed E-state index contributed by atoms with van der Waals surface area (Å²) in [6.45, 7) is 2.06. The van der Waals surface area contributed by atoms with Crippen molar-refractivity contribution in [3.63, 3.8) is 0 Å². The second kappa shape index (κ2) is 7.63. The van der Waals surface area contributed by atoms with Crippen LogP contribution in [0, 0.1) is 17.0 Å².